The Kier molecular flexibility index (Phi) is 9.64. The van der Waals surface area contributed by atoms with E-state index in [-0.39, 0.29) is 5.92 Å². The monoisotopic (exact) mass is 791 g/mol. The summed E-state index contributed by atoms with van der Waals surface area (Å²) in [6, 6.07) is 82.5. The van der Waals surface area contributed by atoms with Gasteiger partial charge in [-0.15, -0.1) is 0 Å². The number of fused-ring (bicyclic) bond motifs is 10. The maximum absolute atomic E-state index is 2.55. The fraction of sp³-hybridized carbons (Fsp3) is 0.0492. The van der Waals surface area contributed by atoms with Crippen molar-refractivity contribution in [1.82, 2.24) is 0 Å². The molecule has 0 fully saturated rings. The second-order valence-electron chi connectivity index (χ2n) is 16.5. The Labute approximate surface area is 363 Å². The zero-order chi connectivity index (χ0) is 41.4. The van der Waals surface area contributed by atoms with Crippen molar-refractivity contribution in [2.45, 2.75) is 13.3 Å². The second kappa shape index (κ2) is 16.0. The van der Waals surface area contributed by atoms with E-state index in [0.29, 0.717) is 0 Å². The van der Waals surface area contributed by atoms with Crippen LogP contribution in [-0.4, -0.2) is 0 Å². The molecule has 0 spiro atoms. The highest BCUT2D eigenvalue weighted by Crippen LogP contribution is 2.46. The summed E-state index contributed by atoms with van der Waals surface area (Å²) in [6.07, 6.45) is 5.66. The van der Waals surface area contributed by atoms with Gasteiger partial charge in [-0.25, -0.2) is 0 Å². The van der Waals surface area contributed by atoms with Crippen molar-refractivity contribution in [3.63, 3.8) is 0 Å². The third-order valence-corrected chi connectivity index (χ3v) is 12.7. The summed E-state index contributed by atoms with van der Waals surface area (Å²) < 4.78 is 0. The van der Waals surface area contributed by atoms with Crippen LogP contribution < -0.4 is 4.90 Å². The van der Waals surface area contributed by atoms with Gasteiger partial charge in [0.1, 0.15) is 0 Å². The minimum atomic E-state index is 0.234. The zero-order valence-corrected chi connectivity index (χ0v) is 34.7. The van der Waals surface area contributed by atoms with Gasteiger partial charge in [0.2, 0.25) is 0 Å². The molecule has 11 rings (SSSR count). The van der Waals surface area contributed by atoms with E-state index in [1.807, 2.05) is 0 Å². The molecule has 1 heteroatoms. The van der Waals surface area contributed by atoms with Gasteiger partial charge in [-0.2, -0.15) is 0 Å². The number of benzene rings is 9. The quantitative estimate of drug-likeness (QED) is 0.162. The van der Waals surface area contributed by atoms with E-state index in [4.69, 9.17) is 0 Å². The molecule has 0 aromatic heterocycles. The van der Waals surface area contributed by atoms with Crippen molar-refractivity contribution < 1.29 is 0 Å². The third kappa shape index (κ3) is 6.69. The van der Waals surface area contributed by atoms with Crippen LogP contribution in [0, 0.1) is 5.92 Å². The Bertz CT molecular complexity index is 3360. The molecule has 294 valence electrons. The van der Waals surface area contributed by atoms with Crippen molar-refractivity contribution in [3.05, 3.63) is 248 Å². The summed E-state index contributed by atoms with van der Waals surface area (Å²) >= 11 is 0. The highest BCUT2D eigenvalue weighted by molar-refractivity contribution is 6.26. The van der Waals surface area contributed by atoms with Gasteiger partial charge in [-0.3, -0.25) is 0 Å². The van der Waals surface area contributed by atoms with E-state index in [9.17, 15) is 0 Å². The van der Waals surface area contributed by atoms with Crippen LogP contribution in [0.2, 0.25) is 0 Å². The summed E-state index contributed by atoms with van der Waals surface area (Å²) in [6.45, 7) is 2.39. The van der Waals surface area contributed by atoms with E-state index in [2.05, 4.69) is 248 Å². The molecule has 1 aliphatic carbocycles. The number of hydrogen-bond donors (Lipinski definition) is 0. The minimum absolute atomic E-state index is 0.234. The molecule has 10 aromatic carbocycles. The van der Waals surface area contributed by atoms with Crippen LogP contribution in [0.15, 0.2) is 242 Å². The zero-order valence-electron chi connectivity index (χ0n) is 34.7. The highest BCUT2D eigenvalue weighted by Gasteiger charge is 2.26. The lowest BCUT2D eigenvalue weighted by molar-refractivity contribution is 0.680. The molecule has 62 heavy (non-hydrogen) atoms. The van der Waals surface area contributed by atoms with Gasteiger partial charge in [0.25, 0.3) is 0 Å². The Morgan fingerprint density at radius 3 is 1.24 bits per heavy atom. The first-order chi connectivity index (χ1) is 30.7. The van der Waals surface area contributed by atoms with Crippen LogP contribution >= 0.6 is 0 Å². The number of hydrogen-bond acceptors (Lipinski definition) is 1. The molecule has 1 nitrogen and oxygen atoms in total. The van der Waals surface area contributed by atoms with Gasteiger partial charge in [-0.1, -0.05) is 213 Å². The van der Waals surface area contributed by atoms with Crippen molar-refractivity contribution in [2.75, 3.05) is 4.90 Å². The first-order valence-corrected chi connectivity index (χ1v) is 21.7. The summed E-state index contributed by atoms with van der Waals surface area (Å²) in [5.41, 5.74) is 11.0. The van der Waals surface area contributed by atoms with Crippen LogP contribution in [0.3, 0.4) is 0 Å². The fourth-order valence-corrected chi connectivity index (χ4v) is 9.77. The predicted octanol–water partition coefficient (Wildman–Crippen LogP) is 17.1. The lowest BCUT2D eigenvalue weighted by Crippen LogP contribution is -2.24. The first kappa shape index (κ1) is 37.3. The van der Waals surface area contributed by atoms with Crippen LogP contribution in [-0.2, 0) is 0 Å². The van der Waals surface area contributed by atoms with Gasteiger partial charge in [0.05, 0.1) is 5.69 Å². The molecule has 10 aromatic rings. The van der Waals surface area contributed by atoms with E-state index in [1.165, 1.54) is 92.9 Å². The topological polar surface area (TPSA) is 3.24 Å². The lowest BCUT2D eigenvalue weighted by Gasteiger charge is -2.35. The average molecular weight is 792 g/mol. The molecule has 0 heterocycles. The van der Waals surface area contributed by atoms with Crippen molar-refractivity contribution in [3.8, 4) is 22.3 Å². The number of allylic oxidation sites excluding steroid dienone is 4. The average Bonchev–Trinajstić information content (AvgIpc) is 3.35. The molecule has 0 aliphatic heterocycles. The van der Waals surface area contributed by atoms with Gasteiger partial charge in [0, 0.05) is 22.9 Å². The van der Waals surface area contributed by atoms with Crippen molar-refractivity contribution in [1.29, 1.82) is 0 Å². The second-order valence-corrected chi connectivity index (χ2v) is 16.5. The molecule has 0 bridgehead atoms. The molecule has 1 aliphatic rings. The third-order valence-electron chi connectivity index (χ3n) is 12.7. The Balaban J connectivity index is 1.26. The molecule has 0 saturated heterocycles. The number of anilines is 2. The summed E-state index contributed by atoms with van der Waals surface area (Å²) in [7, 11) is 0. The summed E-state index contributed by atoms with van der Waals surface area (Å²) in [5.74, 6) is 0.234. The Morgan fingerprint density at radius 2 is 0.758 bits per heavy atom. The smallest absolute Gasteiger partial charge is 0.0537 e. The first-order valence-electron chi connectivity index (χ1n) is 21.7. The number of rotatable bonds is 6. The normalized spacial score (nSPS) is 13.9. The van der Waals surface area contributed by atoms with E-state index in [1.54, 1.807) is 0 Å². The molecular formula is C61H45N. The number of nitrogens with zero attached hydrogens (tertiary/aromatic N) is 1. The van der Waals surface area contributed by atoms with Crippen molar-refractivity contribution >= 4 is 70.8 Å². The summed E-state index contributed by atoms with van der Waals surface area (Å²) in [4.78, 5) is 2.55. The maximum Gasteiger partial charge on any atom is 0.0537 e. The van der Waals surface area contributed by atoms with E-state index >= 15 is 0 Å². The van der Waals surface area contributed by atoms with Crippen molar-refractivity contribution in [2.24, 2.45) is 5.92 Å². The van der Waals surface area contributed by atoms with E-state index < -0.39 is 0 Å². The van der Waals surface area contributed by atoms with Crippen LogP contribution in [0.5, 0.6) is 0 Å². The van der Waals surface area contributed by atoms with Crippen LogP contribution in [0.25, 0.3) is 81.7 Å². The Morgan fingerprint density at radius 1 is 0.339 bits per heavy atom. The summed E-state index contributed by atoms with van der Waals surface area (Å²) in [5, 5.41) is 12.2. The molecule has 0 N–H and O–H groups in total. The molecule has 0 radical (unpaired) electrons. The van der Waals surface area contributed by atoms with Gasteiger partial charge < -0.3 is 4.90 Å². The van der Waals surface area contributed by atoms with Gasteiger partial charge >= 0.3 is 0 Å². The highest BCUT2D eigenvalue weighted by atomic mass is 15.2. The van der Waals surface area contributed by atoms with Gasteiger partial charge in [0.15, 0.2) is 0 Å². The SMILES string of the molecule is CC1CC(c2ccccc2)=CC=C1N(c1ccc2c3ccccc3c3ccccc3c3ccccc3c3ccccc3c2c1)c1ccc(-c2ccccc2)cc1-c1ccccc1. The molecule has 1 atom stereocenters. The van der Waals surface area contributed by atoms with Crippen LogP contribution in [0.1, 0.15) is 18.9 Å². The fourth-order valence-electron chi connectivity index (χ4n) is 9.77. The lowest BCUT2D eigenvalue weighted by atomic mass is 9.87. The standard InChI is InChI=1S/C61H45N/c1-42-39-46(43-19-5-2-6-20-43)33-37-60(42)62(61-38-34-47(44-21-7-3-8-22-44)40-58(61)45-23-9-4-10-24-45)48-35-36-57-55-31-16-15-29-53(55)51-27-12-11-25-49(51)50-26-13-14-28-52(50)54-30-17-18-32-56(54)59(57)41-48/h2-38,40-42H,39H2,1H3. The minimum Gasteiger partial charge on any atom is -0.313 e. The molecule has 1 unspecified atom stereocenters. The van der Waals surface area contributed by atoms with Gasteiger partial charge in [-0.05, 0) is 118 Å². The molecule has 0 saturated carbocycles. The molecule has 0 amide bonds. The van der Waals surface area contributed by atoms with E-state index in [0.717, 1.165) is 17.8 Å². The van der Waals surface area contributed by atoms with Crippen LogP contribution in [0.4, 0.5) is 11.4 Å². The largest absolute Gasteiger partial charge is 0.313 e. The maximum atomic E-state index is 2.55. The molecular weight excluding hydrogens is 747 g/mol. The predicted molar refractivity (Wildman–Crippen MR) is 267 cm³/mol. The Hall–Kier alpha value is -7.74.